The first-order chi connectivity index (χ1) is 18.3. The molecule has 5 N–H and O–H groups in total. The van der Waals surface area contributed by atoms with Crippen molar-refractivity contribution in [3.8, 4) is 5.75 Å². The van der Waals surface area contributed by atoms with Gasteiger partial charge in [-0.2, -0.15) is 21.6 Å². The third-order valence-corrected chi connectivity index (χ3v) is 8.50. The number of benzene rings is 1. The molecule has 0 bridgehead atoms. The van der Waals surface area contributed by atoms with Gasteiger partial charge in [0.15, 0.2) is 17.1 Å². The minimum absolute atomic E-state index is 0.109. The van der Waals surface area contributed by atoms with E-state index in [4.69, 9.17) is 5.73 Å². The number of aliphatic hydroxyl groups excluding tert-OH is 2. The van der Waals surface area contributed by atoms with Crippen molar-refractivity contribution in [3.05, 3.63) is 45.9 Å². The Labute approximate surface area is 226 Å². The lowest BCUT2D eigenvalue weighted by atomic mass is 9.58. The lowest BCUT2D eigenvalue weighted by Gasteiger charge is -2.50. The van der Waals surface area contributed by atoms with Crippen LogP contribution in [0.25, 0.3) is 0 Å². The van der Waals surface area contributed by atoms with Crippen LogP contribution < -0.4 is 14.8 Å². The molecule has 40 heavy (non-hydrogen) atoms. The van der Waals surface area contributed by atoms with Crippen molar-refractivity contribution in [2.24, 2.45) is 17.6 Å². The standard InChI is InChI=1S/C24H26F3N3O9S/c1-29(2)12-5-6-13(39-40(37,38)24(25,26)27)15-10(12)7-9-8-11-17(30(3)4)19(32)16(22(28)35)21(34)23(11,36)20(33)14(9)18(15)31/h5-6,9,11,17,32-33,36H,7-8H2,1-4H3,(H2,28,35)/t9?,11?,17-,23-/m0/s1. The highest BCUT2D eigenvalue weighted by atomic mass is 32.2. The normalized spacial score (nSPS) is 26.9. The van der Waals surface area contributed by atoms with Crippen molar-refractivity contribution in [3.63, 3.8) is 0 Å². The number of aliphatic hydroxyl groups is 3. The zero-order valence-corrected chi connectivity index (χ0v) is 22.4. The molecule has 2 unspecified atom stereocenters. The Hall–Kier alpha value is -3.63. The SMILES string of the molecule is CN(C)c1ccc(OS(=O)(=O)C(F)(F)F)c2c1CC1CC3[C@H](N(C)C)C(O)=C(C(N)=O)C(=O)[C@@]3(O)C(O)=C1C2=O. The minimum Gasteiger partial charge on any atom is -0.510 e. The minimum atomic E-state index is -6.20. The first kappa shape index (κ1) is 29.4. The van der Waals surface area contributed by atoms with Gasteiger partial charge in [0, 0.05) is 31.3 Å². The lowest BCUT2D eigenvalue weighted by Crippen LogP contribution is -2.63. The van der Waals surface area contributed by atoms with Gasteiger partial charge >= 0.3 is 15.6 Å². The summed E-state index contributed by atoms with van der Waals surface area (Å²) in [6, 6.07) is 0.917. The largest absolute Gasteiger partial charge is 0.534 e. The Bertz CT molecular complexity index is 1510. The summed E-state index contributed by atoms with van der Waals surface area (Å²) in [6.07, 6.45) is -0.351. The molecule has 12 nitrogen and oxygen atoms in total. The molecule has 4 rings (SSSR count). The van der Waals surface area contributed by atoms with E-state index >= 15 is 0 Å². The van der Waals surface area contributed by atoms with Gasteiger partial charge in [0.05, 0.1) is 11.6 Å². The van der Waals surface area contributed by atoms with E-state index in [1.165, 1.54) is 30.0 Å². The van der Waals surface area contributed by atoms with Crippen molar-refractivity contribution < 1.29 is 55.5 Å². The molecule has 0 aliphatic heterocycles. The van der Waals surface area contributed by atoms with Crippen molar-refractivity contribution in [2.75, 3.05) is 33.1 Å². The number of primary amides is 1. The number of anilines is 1. The van der Waals surface area contributed by atoms with E-state index in [0.29, 0.717) is 5.69 Å². The number of likely N-dealkylation sites (N-methyl/N-ethyl adjacent to an activating group) is 1. The van der Waals surface area contributed by atoms with Crippen LogP contribution in [0.2, 0.25) is 0 Å². The van der Waals surface area contributed by atoms with Crippen LogP contribution in [0.5, 0.6) is 5.75 Å². The number of fused-ring (bicyclic) bond motifs is 3. The highest BCUT2D eigenvalue weighted by Crippen LogP contribution is 2.53. The third kappa shape index (κ3) is 4.04. The van der Waals surface area contributed by atoms with E-state index in [9.17, 15) is 51.3 Å². The van der Waals surface area contributed by atoms with Gasteiger partial charge in [-0.1, -0.05) is 0 Å². The summed E-state index contributed by atoms with van der Waals surface area (Å²) >= 11 is 0. The molecule has 16 heteroatoms. The fraction of sp³-hybridized carbons (Fsp3) is 0.458. The molecule has 1 amide bonds. The molecule has 1 aromatic carbocycles. The van der Waals surface area contributed by atoms with Gasteiger partial charge in [0.2, 0.25) is 5.78 Å². The number of ketones is 2. The van der Waals surface area contributed by atoms with E-state index in [0.717, 1.165) is 6.07 Å². The number of halogens is 3. The summed E-state index contributed by atoms with van der Waals surface area (Å²) in [7, 11) is -0.103. The van der Waals surface area contributed by atoms with Gasteiger partial charge < -0.3 is 30.1 Å². The van der Waals surface area contributed by atoms with E-state index in [1.54, 1.807) is 14.1 Å². The molecule has 3 aliphatic rings. The number of nitrogens with zero attached hydrogens (tertiary/aromatic N) is 2. The molecule has 0 saturated carbocycles. The van der Waals surface area contributed by atoms with Gasteiger partial charge in [0.25, 0.3) is 5.91 Å². The summed E-state index contributed by atoms with van der Waals surface area (Å²) in [6.45, 7) is 0. The summed E-state index contributed by atoms with van der Waals surface area (Å²) in [5.41, 5.74) is -5.17. The average molecular weight is 590 g/mol. The molecule has 0 spiro atoms. The van der Waals surface area contributed by atoms with Crippen LogP contribution in [0.3, 0.4) is 0 Å². The Balaban J connectivity index is 1.98. The molecule has 3 aliphatic carbocycles. The second-order valence-corrected chi connectivity index (χ2v) is 11.8. The number of carbonyl (C=O) groups excluding carboxylic acids is 3. The molecule has 0 fully saturated rings. The van der Waals surface area contributed by atoms with Crippen molar-refractivity contribution in [2.45, 2.75) is 30.0 Å². The van der Waals surface area contributed by atoms with E-state index < -0.39 is 90.6 Å². The fourth-order valence-electron chi connectivity index (χ4n) is 5.87. The summed E-state index contributed by atoms with van der Waals surface area (Å²) in [5.74, 6) is -9.12. The van der Waals surface area contributed by atoms with E-state index in [-0.39, 0.29) is 18.4 Å². The Morgan fingerprint density at radius 1 is 1.15 bits per heavy atom. The average Bonchev–Trinajstić information content (AvgIpc) is 2.79. The summed E-state index contributed by atoms with van der Waals surface area (Å²) in [5, 5.41) is 33.7. The number of hydrogen-bond donors (Lipinski definition) is 4. The van der Waals surface area contributed by atoms with E-state index in [1.807, 2.05) is 0 Å². The van der Waals surface area contributed by atoms with E-state index in [2.05, 4.69) is 4.18 Å². The molecule has 0 saturated heterocycles. The van der Waals surface area contributed by atoms with Crippen LogP contribution in [0, 0.1) is 11.8 Å². The maximum atomic E-state index is 13.8. The smallest absolute Gasteiger partial charge is 0.510 e. The predicted octanol–water partition coefficient (Wildman–Crippen LogP) is 0.709. The zero-order chi connectivity index (χ0) is 30.3. The monoisotopic (exact) mass is 589 g/mol. The zero-order valence-electron chi connectivity index (χ0n) is 21.6. The third-order valence-electron chi connectivity index (χ3n) is 7.53. The van der Waals surface area contributed by atoms with Crippen LogP contribution in [0.1, 0.15) is 22.3 Å². The number of alkyl halides is 3. The predicted molar refractivity (Wildman–Crippen MR) is 132 cm³/mol. The second kappa shape index (κ2) is 9.21. The maximum Gasteiger partial charge on any atom is 0.534 e. The maximum absolute atomic E-state index is 13.8. The summed E-state index contributed by atoms with van der Waals surface area (Å²) < 4.78 is 67.2. The lowest BCUT2D eigenvalue weighted by molar-refractivity contribution is -0.148. The van der Waals surface area contributed by atoms with Crippen molar-refractivity contribution in [1.82, 2.24) is 4.90 Å². The number of rotatable bonds is 5. The molecule has 4 atom stereocenters. The first-order valence-electron chi connectivity index (χ1n) is 11.8. The molecular weight excluding hydrogens is 563 g/mol. The van der Waals surface area contributed by atoms with Crippen LogP contribution in [0.15, 0.2) is 34.8 Å². The number of allylic oxidation sites excluding steroid dienone is 1. The number of carbonyl (C=O) groups is 3. The van der Waals surface area contributed by atoms with Crippen molar-refractivity contribution >= 4 is 33.3 Å². The highest BCUT2D eigenvalue weighted by Gasteiger charge is 2.63. The van der Waals surface area contributed by atoms with Gasteiger partial charge in [-0.05, 0) is 50.6 Å². The molecule has 218 valence electrons. The number of Topliss-reactive ketones (excluding diaryl/α,β-unsaturated/α-hetero) is 2. The Morgan fingerprint density at radius 2 is 1.75 bits per heavy atom. The fourth-order valence-corrected chi connectivity index (χ4v) is 6.34. The second-order valence-electron chi connectivity index (χ2n) is 10.3. The molecular formula is C24H26F3N3O9S. The molecule has 0 aromatic heterocycles. The van der Waals surface area contributed by atoms with Crippen molar-refractivity contribution in [1.29, 1.82) is 0 Å². The van der Waals surface area contributed by atoms with Crippen LogP contribution in [0.4, 0.5) is 18.9 Å². The number of nitrogens with two attached hydrogens (primary N) is 1. The number of hydrogen-bond acceptors (Lipinski definition) is 11. The topological polar surface area (TPSA) is 188 Å². The Morgan fingerprint density at radius 3 is 2.25 bits per heavy atom. The number of amides is 1. The van der Waals surface area contributed by atoms with Gasteiger partial charge in [-0.3, -0.25) is 19.3 Å². The molecule has 1 aromatic rings. The Kier molecular flexibility index (Phi) is 6.76. The quantitative estimate of drug-likeness (QED) is 0.215. The molecule has 0 radical (unpaired) electrons. The summed E-state index contributed by atoms with van der Waals surface area (Å²) in [4.78, 5) is 42.1. The van der Waals surface area contributed by atoms with Gasteiger partial charge in [-0.15, -0.1) is 0 Å². The van der Waals surface area contributed by atoms with Crippen LogP contribution >= 0.6 is 0 Å². The highest BCUT2D eigenvalue weighted by molar-refractivity contribution is 7.88. The van der Waals surface area contributed by atoms with Gasteiger partial charge in [-0.25, -0.2) is 0 Å². The van der Waals surface area contributed by atoms with Crippen LogP contribution in [-0.4, -0.2) is 91.5 Å². The van der Waals surface area contributed by atoms with Gasteiger partial charge in [0.1, 0.15) is 17.1 Å². The van der Waals surface area contributed by atoms with Crippen LogP contribution in [-0.2, 0) is 26.1 Å². The molecule has 0 heterocycles. The first-order valence-corrected chi connectivity index (χ1v) is 13.2.